The van der Waals surface area contributed by atoms with Crippen molar-refractivity contribution in [1.82, 2.24) is 20.0 Å². The fourth-order valence-electron chi connectivity index (χ4n) is 3.76. The molecular weight excluding hydrogens is 372 g/mol. The van der Waals surface area contributed by atoms with E-state index in [4.69, 9.17) is 0 Å². The topological polar surface area (TPSA) is 105 Å². The third kappa shape index (κ3) is 3.69. The number of nitrogens with one attached hydrogen (secondary N) is 1. The summed E-state index contributed by atoms with van der Waals surface area (Å²) in [5.41, 5.74) is 3.36. The predicted octanol–water partition coefficient (Wildman–Crippen LogP) is 2.42. The molecule has 2 heterocycles. The third-order valence-electron chi connectivity index (χ3n) is 5.10. The molecule has 2 N–H and O–H groups in total. The van der Waals surface area contributed by atoms with Crippen molar-refractivity contribution in [3.05, 3.63) is 65.4 Å². The van der Waals surface area contributed by atoms with Crippen LogP contribution >= 0.6 is 0 Å². The first-order chi connectivity index (χ1) is 13.9. The SMILES string of the molecule is CC(=O)n1ncc2cc3c(cc21)CN(Cc1ccccc1)C(=O)[C@H](NC(=O)O)C3. The van der Waals surface area contributed by atoms with Crippen LogP contribution in [0.1, 0.15) is 28.4 Å². The molecule has 1 aliphatic rings. The first-order valence-electron chi connectivity index (χ1n) is 9.25. The lowest BCUT2D eigenvalue weighted by Gasteiger charge is -2.24. The van der Waals surface area contributed by atoms with Crippen LogP contribution in [0.3, 0.4) is 0 Å². The van der Waals surface area contributed by atoms with Crippen LogP contribution in [0.25, 0.3) is 10.9 Å². The number of hydrogen-bond acceptors (Lipinski definition) is 4. The molecule has 0 spiro atoms. The number of carbonyl (C=O) groups is 3. The number of benzene rings is 2. The second-order valence-corrected chi connectivity index (χ2v) is 7.14. The van der Waals surface area contributed by atoms with Crippen LogP contribution < -0.4 is 5.32 Å². The van der Waals surface area contributed by atoms with Crippen LogP contribution in [0.4, 0.5) is 4.79 Å². The number of nitrogens with zero attached hydrogens (tertiary/aromatic N) is 3. The molecule has 148 valence electrons. The molecule has 0 radical (unpaired) electrons. The van der Waals surface area contributed by atoms with E-state index in [0.717, 1.165) is 22.1 Å². The molecule has 1 aliphatic heterocycles. The number of hydrogen-bond donors (Lipinski definition) is 2. The van der Waals surface area contributed by atoms with Gasteiger partial charge in [0.25, 0.3) is 0 Å². The predicted molar refractivity (Wildman–Crippen MR) is 105 cm³/mol. The summed E-state index contributed by atoms with van der Waals surface area (Å²) in [7, 11) is 0. The van der Waals surface area contributed by atoms with Crippen LogP contribution in [0.5, 0.6) is 0 Å². The minimum atomic E-state index is -1.24. The lowest BCUT2D eigenvalue weighted by Crippen LogP contribution is -2.47. The fraction of sp³-hybridized carbons (Fsp3) is 0.238. The highest BCUT2D eigenvalue weighted by Crippen LogP contribution is 2.26. The Hall–Kier alpha value is -3.68. The molecule has 4 rings (SSSR count). The van der Waals surface area contributed by atoms with Gasteiger partial charge in [0, 0.05) is 31.8 Å². The van der Waals surface area contributed by atoms with E-state index in [1.165, 1.54) is 11.6 Å². The van der Waals surface area contributed by atoms with Gasteiger partial charge in [0.05, 0.1) is 11.7 Å². The van der Waals surface area contributed by atoms with Gasteiger partial charge in [0.1, 0.15) is 6.04 Å². The van der Waals surface area contributed by atoms with E-state index in [1.807, 2.05) is 42.5 Å². The van der Waals surface area contributed by atoms with Gasteiger partial charge in [-0.3, -0.25) is 9.59 Å². The standard InChI is InChI=1S/C21H20N4O4/c1-13(26)25-19-9-17-12-24(11-14-5-3-2-4-6-14)20(27)18(23-21(28)29)8-15(17)7-16(19)10-22-25/h2-7,9-10,18,23H,8,11-12H2,1H3,(H,28,29)/t18-/m1/s1. The van der Waals surface area contributed by atoms with Gasteiger partial charge in [-0.15, -0.1) is 0 Å². The molecule has 0 unspecified atom stereocenters. The zero-order valence-corrected chi connectivity index (χ0v) is 15.8. The first kappa shape index (κ1) is 18.7. The van der Waals surface area contributed by atoms with Crippen molar-refractivity contribution in [1.29, 1.82) is 0 Å². The number of aromatic nitrogens is 2. The maximum atomic E-state index is 13.1. The van der Waals surface area contributed by atoms with Crippen molar-refractivity contribution in [2.24, 2.45) is 0 Å². The van der Waals surface area contributed by atoms with E-state index in [-0.39, 0.29) is 18.2 Å². The van der Waals surface area contributed by atoms with Crippen LogP contribution in [0, 0.1) is 0 Å². The lowest BCUT2D eigenvalue weighted by atomic mass is 10.00. The highest BCUT2D eigenvalue weighted by Gasteiger charge is 2.31. The number of fused-ring (bicyclic) bond motifs is 2. The van der Waals surface area contributed by atoms with Crippen molar-refractivity contribution in [3.63, 3.8) is 0 Å². The van der Waals surface area contributed by atoms with Crippen LogP contribution in [-0.4, -0.2) is 43.7 Å². The van der Waals surface area contributed by atoms with Gasteiger partial charge >= 0.3 is 6.09 Å². The summed E-state index contributed by atoms with van der Waals surface area (Å²) < 4.78 is 1.33. The molecule has 8 nitrogen and oxygen atoms in total. The molecule has 0 aliphatic carbocycles. The average Bonchev–Trinajstić information content (AvgIpc) is 3.05. The van der Waals surface area contributed by atoms with Gasteiger partial charge in [-0.2, -0.15) is 5.10 Å². The Morgan fingerprint density at radius 1 is 1.21 bits per heavy atom. The van der Waals surface area contributed by atoms with Crippen molar-refractivity contribution >= 4 is 28.8 Å². The normalized spacial score (nSPS) is 16.4. The van der Waals surface area contributed by atoms with Gasteiger partial charge in [-0.1, -0.05) is 30.3 Å². The van der Waals surface area contributed by atoms with E-state index in [1.54, 1.807) is 11.1 Å². The van der Waals surface area contributed by atoms with Gasteiger partial charge in [0.2, 0.25) is 11.8 Å². The second-order valence-electron chi connectivity index (χ2n) is 7.14. The number of amides is 2. The zero-order chi connectivity index (χ0) is 20.5. The Balaban J connectivity index is 1.77. The molecular formula is C21H20N4O4. The maximum Gasteiger partial charge on any atom is 0.405 e. The van der Waals surface area contributed by atoms with Crippen LogP contribution in [-0.2, 0) is 24.3 Å². The Morgan fingerprint density at radius 2 is 1.97 bits per heavy atom. The number of carboxylic acid groups (broad SMARTS) is 1. The molecule has 2 amide bonds. The number of rotatable bonds is 3. The third-order valence-corrected chi connectivity index (χ3v) is 5.10. The quantitative estimate of drug-likeness (QED) is 0.712. The van der Waals surface area contributed by atoms with Gasteiger partial charge in [-0.25, -0.2) is 9.48 Å². The van der Waals surface area contributed by atoms with E-state index in [2.05, 4.69) is 10.4 Å². The summed E-state index contributed by atoms with van der Waals surface area (Å²) in [5.74, 6) is -0.471. The Morgan fingerprint density at radius 3 is 2.66 bits per heavy atom. The van der Waals surface area contributed by atoms with Gasteiger partial charge in [-0.05, 0) is 28.8 Å². The van der Waals surface area contributed by atoms with E-state index in [0.29, 0.717) is 18.6 Å². The summed E-state index contributed by atoms with van der Waals surface area (Å²) in [4.78, 5) is 37.8. The molecule has 8 heteroatoms. The molecule has 0 fully saturated rings. The van der Waals surface area contributed by atoms with Crippen molar-refractivity contribution in [3.8, 4) is 0 Å². The summed E-state index contributed by atoms with van der Waals surface area (Å²) >= 11 is 0. The van der Waals surface area contributed by atoms with Crippen LogP contribution in [0.15, 0.2) is 48.7 Å². The Kier molecular flexibility index (Phi) is 4.75. The smallest absolute Gasteiger partial charge is 0.405 e. The van der Waals surface area contributed by atoms with Crippen molar-refractivity contribution in [2.75, 3.05) is 0 Å². The first-order valence-corrected chi connectivity index (χ1v) is 9.25. The monoisotopic (exact) mass is 392 g/mol. The number of carbonyl (C=O) groups excluding carboxylic acids is 2. The van der Waals surface area contributed by atoms with Crippen molar-refractivity contribution in [2.45, 2.75) is 32.5 Å². The Bertz CT molecular complexity index is 1110. The highest BCUT2D eigenvalue weighted by molar-refractivity contribution is 5.91. The molecule has 29 heavy (non-hydrogen) atoms. The summed E-state index contributed by atoms with van der Waals surface area (Å²) in [6, 6.07) is 12.4. The minimum absolute atomic E-state index is 0.198. The zero-order valence-electron chi connectivity index (χ0n) is 15.8. The Labute approximate surface area is 166 Å². The molecule has 1 atom stereocenters. The average molecular weight is 392 g/mol. The van der Waals surface area contributed by atoms with E-state index < -0.39 is 12.1 Å². The van der Waals surface area contributed by atoms with Crippen molar-refractivity contribution < 1.29 is 19.5 Å². The fourth-order valence-corrected chi connectivity index (χ4v) is 3.76. The molecule has 1 aromatic heterocycles. The largest absolute Gasteiger partial charge is 0.465 e. The molecule has 0 bridgehead atoms. The second kappa shape index (κ2) is 7.38. The molecule has 0 saturated heterocycles. The molecule has 0 saturated carbocycles. The maximum absolute atomic E-state index is 13.1. The van der Waals surface area contributed by atoms with E-state index in [9.17, 15) is 19.5 Å². The highest BCUT2D eigenvalue weighted by atomic mass is 16.4. The summed E-state index contributed by atoms with van der Waals surface area (Å²) in [5, 5.41) is 16.5. The summed E-state index contributed by atoms with van der Waals surface area (Å²) in [6.07, 6.45) is 0.606. The summed E-state index contributed by atoms with van der Waals surface area (Å²) in [6.45, 7) is 2.12. The molecule has 2 aromatic carbocycles. The van der Waals surface area contributed by atoms with Gasteiger partial charge in [0.15, 0.2) is 0 Å². The minimum Gasteiger partial charge on any atom is -0.465 e. The van der Waals surface area contributed by atoms with E-state index >= 15 is 0 Å². The lowest BCUT2D eigenvalue weighted by molar-refractivity contribution is -0.134. The van der Waals surface area contributed by atoms with Gasteiger partial charge < -0.3 is 15.3 Å². The van der Waals surface area contributed by atoms with Crippen LogP contribution in [0.2, 0.25) is 0 Å². The molecule has 3 aromatic rings.